The summed E-state index contributed by atoms with van der Waals surface area (Å²) >= 11 is 0. The first-order valence-electron chi connectivity index (χ1n) is 8.62. The molecular formula is C20H20N6. The fourth-order valence-corrected chi connectivity index (χ4v) is 2.87. The largest absolute Gasteiger partial charge is 0.312 e. The van der Waals surface area contributed by atoms with Gasteiger partial charge in [-0.25, -0.2) is 4.68 Å². The first-order valence-corrected chi connectivity index (χ1v) is 8.62. The second-order valence-electron chi connectivity index (χ2n) is 6.07. The molecule has 0 atom stereocenters. The lowest BCUT2D eigenvalue weighted by Gasteiger charge is -2.05. The normalized spacial score (nSPS) is 10.9. The van der Waals surface area contributed by atoms with Gasteiger partial charge in [0.1, 0.15) is 0 Å². The van der Waals surface area contributed by atoms with Crippen LogP contribution in [0.15, 0.2) is 73.4 Å². The van der Waals surface area contributed by atoms with Crippen LogP contribution in [-0.2, 0) is 13.0 Å². The summed E-state index contributed by atoms with van der Waals surface area (Å²) in [5, 5.41) is 15.1. The first-order chi connectivity index (χ1) is 12.9. The van der Waals surface area contributed by atoms with Crippen molar-refractivity contribution in [2.24, 2.45) is 0 Å². The summed E-state index contributed by atoms with van der Waals surface area (Å²) in [5.74, 6) is 0. The van der Waals surface area contributed by atoms with Crippen LogP contribution in [0, 0.1) is 0 Å². The number of benzene rings is 1. The van der Waals surface area contributed by atoms with Gasteiger partial charge in [0.2, 0.25) is 0 Å². The van der Waals surface area contributed by atoms with E-state index in [1.165, 1.54) is 5.56 Å². The van der Waals surface area contributed by atoms with Gasteiger partial charge in [-0.3, -0.25) is 10.1 Å². The molecule has 0 saturated heterocycles. The molecule has 0 radical (unpaired) electrons. The number of hydrogen-bond donors (Lipinski definition) is 2. The number of H-pyrrole nitrogens is 1. The van der Waals surface area contributed by atoms with E-state index in [9.17, 15) is 0 Å². The van der Waals surface area contributed by atoms with Crippen molar-refractivity contribution >= 4 is 0 Å². The van der Waals surface area contributed by atoms with Gasteiger partial charge in [0.05, 0.1) is 23.8 Å². The highest BCUT2D eigenvalue weighted by atomic mass is 15.3. The SMILES string of the molecule is c1ccc(-n2cc(CCNCc3cn[nH]c3-c3cccnc3)cn2)cc1. The van der Waals surface area contributed by atoms with E-state index in [4.69, 9.17) is 0 Å². The molecular weight excluding hydrogens is 324 g/mol. The van der Waals surface area contributed by atoms with Crippen LogP contribution in [0.25, 0.3) is 16.9 Å². The van der Waals surface area contributed by atoms with Crippen LogP contribution < -0.4 is 5.32 Å². The third-order valence-electron chi connectivity index (χ3n) is 4.23. The number of aromatic amines is 1. The first kappa shape index (κ1) is 16.2. The molecule has 0 amide bonds. The van der Waals surface area contributed by atoms with Gasteiger partial charge in [0.15, 0.2) is 0 Å². The minimum atomic E-state index is 0.757. The second-order valence-corrected chi connectivity index (χ2v) is 6.07. The average Bonchev–Trinajstić information content (AvgIpc) is 3.36. The predicted molar refractivity (Wildman–Crippen MR) is 101 cm³/mol. The molecule has 4 rings (SSSR count). The summed E-state index contributed by atoms with van der Waals surface area (Å²) in [5.41, 5.74) is 5.48. The molecule has 1 aromatic carbocycles. The maximum absolute atomic E-state index is 4.44. The number of pyridine rings is 1. The molecule has 6 heteroatoms. The van der Waals surface area contributed by atoms with Crippen LogP contribution >= 0.6 is 0 Å². The van der Waals surface area contributed by atoms with Crippen molar-refractivity contribution in [3.05, 3.63) is 84.6 Å². The quantitative estimate of drug-likeness (QED) is 0.506. The van der Waals surface area contributed by atoms with Gasteiger partial charge < -0.3 is 5.32 Å². The molecule has 0 spiro atoms. The minimum absolute atomic E-state index is 0.757. The Morgan fingerprint density at radius 3 is 2.77 bits per heavy atom. The fourth-order valence-electron chi connectivity index (χ4n) is 2.87. The Kier molecular flexibility index (Phi) is 4.84. The molecule has 26 heavy (non-hydrogen) atoms. The summed E-state index contributed by atoms with van der Waals surface area (Å²) in [6.45, 7) is 1.63. The third kappa shape index (κ3) is 3.70. The Morgan fingerprint density at radius 2 is 1.92 bits per heavy atom. The van der Waals surface area contributed by atoms with E-state index < -0.39 is 0 Å². The van der Waals surface area contributed by atoms with Gasteiger partial charge in [-0.15, -0.1) is 0 Å². The molecule has 0 aliphatic heterocycles. The van der Waals surface area contributed by atoms with Crippen molar-refractivity contribution in [3.63, 3.8) is 0 Å². The van der Waals surface area contributed by atoms with Crippen LogP contribution in [0.5, 0.6) is 0 Å². The zero-order valence-electron chi connectivity index (χ0n) is 14.3. The minimum Gasteiger partial charge on any atom is -0.312 e. The summed E-state index contributed by atoms with van der Waals surface area (Å²) in [6, 6.07) is 14.1. The van der Waals surface area contributed by atoms with Crippen molar-refractivity contribution < 1.29 is 0 Å². The maximum Gasteiger partial charge on any atom is 0.0710 e. The van der Waals surface area contributed by atoms with Gasteiger partial charge in [-0.1, -0.05) is 18.2 Å². The summed E-state index contributed by atoms with van der Waals surface area (Å²) < 4.78 is 1.91. The zero-order valence-corrected chi connectivity index (χ0v) is 14.3. The maximum atomic E-state index is 4.44. The van der Waals surface area contributed by atoms with E-state index in [0.717, 1.165) is 42.0 Å². The lowest BCUT2D eigenvalue weighted by Crippen LogP contribution is -2.16. The molecule has 0 unspecified atom stereocenters. The Bertz CT molecular complexity index is 943. The molecule has 3 aromatic heterocycles. The molecule has 0 aliphatic rings. The van der Waals surface area contributed by atoms with Crippen LogP contribution in [0.4, 0.5) is 0 Å². The molecule has 0 bridgehead atoms. The molecule has 0 fully saturated rings. The van der Waals surface area contributed by atoms with Crippen molar-refractivity contribution in [1.82, 2.24) is 30.3 Å². The highest BCUT2D eigenvalue weighted by Gasteiger charge is 2.07. The molecule has 4 aromatic rings. The molecule has 2 N–H and O–H groups in total. The zero-order chi connectivity index (χ0) is 17.6. The Balaban J connectivity index is 1.32. The average molecular weight is 344 g/mol. The van der Waals surface area contributed by atoms with Crippen LogP contribution in [-0.4, -0.2) is 31.5 Å². The van der Waals surface area contributed by atoms with Gasteiger partial charge in [0, 0.05) is 36.3 Å². The van der Waals surface area contributed by atoms with Gasteiger partial charge in [-0.2, -0.15) is 10.2 Å². The number of hydrogen-bond acceptors (Lipinski definition) is 4. The molecule has 3 heterocycles. The third-order valence-corrected chi connectivity index (χ3v) is 4.23. The van der Waals surface area contributed by atoms with Crippen molar-refractivity contribution in [2.45, 2.75) is 13.0 Å². The molecule has 0 saturated carbocycles. The van der Waals surface area contributed by atoms with Crippen molar-refractivity contribution in [1.29, 1.82) is 0 Å². The monoisotopic (exact) mass is 344 g/mol. The highest BCUT2D eigenvalue weighted by Crippen LogP contribution is 2.19. The second kappa shape index (κ2) is 7.76. The smallest absolute Gasteiger partial charge is 0.0710 e. The molecule has 130 valence electrons. The van der Waals surface area contributed by atoms with Crippen LogP contribution in [0.1, 0.15) is 11.1 Å². The highest BCUT2D eigenvalue weighted by molar-refractivity contribution is 5.61. The molecule has 6 nitrogen and oxygen atoms in total. The van der Waals surface area contributed by atoms with Crippen LogP contribution in [0.2, 0.25) is 0 Å². The number of nitrogens with one attached hydrogen (secondary N) is 2. The van der Waals surface area contributed by atoms with E-state index in [2.05, 4.69) is 31.8 Å². The van der Waals surface area contributed by atoms with E-state index in [-0.39, 0.29) is 0 Å². The molecule has 0 aliphatic carbocycles. The number of aromatic nitrogens is 5. The Morgan fingerprint density at radius 1 is 1.00 bits per heavy atom. The lowest BCUT2D eigenvalue weighted by atomic mass is 10.1. The summed E-state index contributed by atoms with van der Waals surface area (Å²) in [6.07, 6.45) is 10.4. The van der Waals surface area contributed by atoms with E-state index in [1.54, 1.807) is 6.20 Å². The lowest BCUT2D eigenvalue weighted by molar-refractivity contribution is 0.688. The Labute approximate surface area is 151 Å². The van der Waals surface area contributed by atoms with E-state index in [0.29, 0.717) is 0 Å². The van der Waals surface area contributed by atoms with E-state index in [1.807, 2.05) is 65.7 Å². The Hall–Kier alpha value is -3.25. The number of rotatable bonds is 7. The van der Waals surface area contributed by atoms with Crippen molar-refractivity contribution in [2.75, 3.05) is 6.54 Å². The van der Waals surface area contributed by atoms with Gasteiger partial charge >= 0.3 is 0 Å². The predicted octanol–water partition coefficient (Wildman–Crippen LogP) is 2.99. The fraction of sp³-hybridized carbons (Fsp3) is 0.150. The van der Waals surface area contributed by atoms with Crippen LogP contribution in [0.3, 0.4) is 0 Å². The number of para-hydroxylation sites is 1. The summed E-state index contributed by atoms with van der Waals surface area (Å²) in [4.78, 5) is 4.17. The number of nitrogens with zero attached hydrogens (tertiary/aromatic N) is 4. The van der Waals surface area contributed by atoms with E-state index >= 15 is 0 Å². The summed E-state index contributed by atoms with van der Waals surface area (Å²) in [7, 11) is 0. The van der Waals surface area contributed by atoms with Crippen molar-refractivity contribution in [3.8, 4) is 16.9 Å². The van der Waals surface area contributed by atoms with Gasteiger partial charge in [-0.05, 0) is 42.8 Å². The van der Waals surface area contributed by atoms with Gasteiger partial charge in [0.25, 0.3) is 0 Å². The topological polar surface area (TPSA) is 71.4 Å². The standard InChI is InChI=1S/C20H20N6/c1-2-6-19(7-3-1)26-15-16(11-24-26)8-10-22-13-18-14-23-25-20(18)17-5-4-9-21-12-17/h1-7,9,11-12,14-15,22H,8,10,13H2,(H,23,25).